The maximum absolute atomic E-state index is 6.16. The van der Waals surface area contributed by atoms with Gasteiger partial charge in [0.05, 0.1) is 13.3 Å². The van der Waals surface area contributed by atoms with Gasteiger partial charge in [0.25, 0.3) is 0 Å². The van der Waals surface area contributed by atoms with E-state index in [0.717, 1.165) is 18.7 Å². The van der Waals surface area contributed by atoms with Crippen molar-refractivity contribution in [2.24, 2.45) is 11.7 Å². The molecule has 0 aromatic heterocycles. The predicted octanol–water partition coefficient (Wildman–Crippen LogP) is 2.38. The summed E-state index contributed by atoms with van der Waals surface area (Å²) >= 11 is 0. The molecule has 0 spiro atoms. The first kappa shape index (κ1) is 12.4. The number of rotatable bonds is 3. The van der Waals surface area contributed by atoms with Crippen molar-refractivity contribution in [1.82, 2.24) is 4.90 Å². The quantitative estimate of drug-likeness (QED) is 0.872. The summed E-state index contributed by atoms with van der Waals surface area (Å²) in [6.07, 6.45) is 1.29. The lowest BCUT2D eigenvalue weighted by Crippen LogP contribution is -2.38. The summed E-state index contributed by atoms with van der Waals surface area (Å²) in [5.74, 6) is 1.60. The van der Waals surface area contributed by atoms with Gasteiger partial charge >= 0.3 is 0 Å². The van der Waals surface area contributed by atoms with E-state index in [1.165, 1.54) is 5.56 Å². The van der Waals surface area contributed by atoms with Crippen LogP contribution in [-0.2, 0) is 0 Å². The third-order valence-electron chi connectivity index (χ3n) is 3.69. The topological polar surface area (TPSA) is 38.5 Å². The summed E-state index contributed by atoms with van der Waals surface area (Å²) in [5.41, 5.74) is 7.47. The molecule has 2 rings (SSSR count). The summed E-state index contributed by atoms with van der Waals surface area (Å²) in [6, 6.07) is 8.65. The summed E-state index contributed by atoms with van der Waals surface area (Å²) in [7, 11) is 1.69. The van der Waals surface area contributed by atoms with Gasteiger partial charge in [-0.2, -0.15) is 0 Å². The van der Waals surface area contributed by atoms with Crippen LogP contribution in [0.1, 0.15) is 31.9 Å². The van der Waals surface area contributed by atoms with Crippen molar-refractivity contribution in [2.45, 2.75) is 32.5 Å². The van der Waals surface area contributed by atoms with Crippen molar-refractivity contribution in [1.29, 1.82) is 0 Å². The van der Waals surface area contributed by atoms with Gasteiger partial charge in [0.1, 0.15) is 5.75 Å². The maximum atomic E-state index is 6.16. The average Bonchev–Trinajstić information content (AvgIpc) is 2.68. The van der Waals surface area contributed by atoms with Crippen molar-refractivity contribution >= 4 is 0 Å². The Bertz CT molecular complexity index is 363. The van der Waals surface area contributed by atoms with Crippen LogP contribution >= 0.6 is 0 Å². The van der Waals surface area contributed by atoms with E-state index in [0.29, 0.717) is 12.0 Å². The molecule has 0 bridgehead atoms. The highest BCUT2D eigenvalue weighted by molar-refractivity contribution is 5.29. The number of nitrogens with two attached hydrogens (primary N) is 1. The van der Waals surface area contributed by atoms with Gasteiger partial charge in [-0.1, -0.05) is 19.1 Å². The van der Waals surface area contributed by atoms with Crippen molar-refractivity contribution in [3.05, 3.63) is 29.8 Å². The molecule has 1 aliphatic rings. The molecule has 1 saturated heterocycles. The van der Waals surface area contributed by atoms with E-state index < -0.39 is 0 Å². The standard InChI is InChI=1S/C14H22N2O/c1-10-8-14(15)16(9-10)11(2)12-4-6-13(17-3)7-5-12/h4-7,10-11,14H,8-9,15H2,1-3H3/t10?,11-,14?/m0/s1. The lowest BCUT2D eigenvalue weighted by atomic mass is 10.1. The zero-order valence-corrected chi connectivity index (χ0v) is 10.9. The third-order valence-corrected chi connectivity index (χ3v) is 3.69. The molecule has 1 heterocycles. The second-order valence-corrected chi connectivity index (χ2v) is 5.05. The van der Waals surface area contributed by atoms with E-state index in [4.69, 9.17) is 10.5 Å². The minimum Gasteiger partial charge on any atom is -0.497 e. The second kappa shape index (κ2) is 5.07. The first-order valence-corrected chi connectivity index (χ1v) is 6.27. The Balaban J connectivity index is 2.10. The van der Waals surface area contributed by atoms with Crippen molar-refractivity contribution in [3.63, 3.8) is 0 Å². The Labute approximate surface area is 104 Å². The molecule has 1 aromatic rings. The van der Waals surface area contributed by atoms with Crippen LogP contribution in [0.15, 0.2) is 24.3 Å². The molecule has 0 aliphatic carbocycles. The van der Waals surface area contributed by atoms with Crippen LogP contribution in [0.5, 0.6) is 5.75 Å². The smallest absolute Gasteiger partial charge is 0.118 e. The van der Waals surface area contributed by atoms with E-state index in [-0.39, 0.29) is 6.17 Å². The normalized spacial score (nSPS) is 27.1. The fourth-order valence-electron chi connectivity index (χ4n) is 2.64. The molecule has 0 saturated carbocycles. The van der Waals surface area contributed by atoms with Crippen molar-refractivity contribution in [3.8, 4) is 5.75 Å². The van der Waals surface area contributed by atoms with Crippen LogP contribution in [0.2, 0.25) is 0 Å². The lowest BCUT2D eigenvalue weighted by molar-refractivity contribution is 0.193. The van der Waals surface area contributed by atoms with E-state index in [1.54, 1.807) is 7.11 Å². The average molecular weight is 234 g/mol. The van der Waals surface area contributed by atoms with Gasteiger partial charge in [-0.25, -0.2) is 0 Å². The van der Waals surface area contributed by atoms with E-state index in [2.05, 4.69) is 30.9 Å². The molecule has 1 aromatic carbocycles. The van der Waals surface area contributed by atoms with E-state index in [9.17, 15) is 0 Å². The van der Waals surface area contributed by atoms with Crippen LogP contribution in [0.3, 0.4) is 0 Å². The lowest BCUT2D eigenvalue weighted by Gasteiger charge is -2.28. The Kier molecular flexibility index (Phi) is 3.69. The van der Waals surface area contributed by atoms with Gasteiger partial charge in [0, 0.05) is 12.6 Å². The number of hydrogen-bond donors (Lipinski definition) is 1. The van der Waals surface area contributed by atoms with E-state index in [1.807, 2.05) is 12.1 Å². The molecule has 3 heteroatoms. The van der Waals surface area contributed by atoms with E-state index >= 15 is 0 Å². The zero-order chi connectivity index (χ0) is 12.4. The molecule has 2 N–H and O–H groups in total. The van der Waals surface area contributed by atoms with Crippen LogP contribution < -0.4 is 10.5 Å². The van der Waals surface area contributed by atoms with Crippen LogP contribution in [0, 0.1) is 5.92 Å². The zero-order valence-electron chi connectivity index (χ0n) is 10.9. The van der Waals surface area contributed by atoms with Crippen molar-refractivity contribution < 1.29 is 4.74 Å². The number of hydrogen-bond acceptors (Lipinski definition) is 3. The van der Waals surface area contributed by atoms with Crippen LogP contribution in [0.4, 0.5) is 0 Å². The molecule has 3 atom stereocenters. The van der Waals surface area contributed by atoms with Gasteiger partial charge in [-0.3, -0.25) is 4.90 Å². The number of likely N-dealkylation sites (tertiary alicyclic amines) is 1. The minimum atomic E-state index is 0.196. The molecular formula is C14H22N2O. The molecule has 1 fully saturated rings. The maximum Gasteiger partial charge on any atom is 0.118 e. The number of benzene rings is 1. The van der Waals surface area contributed by atoms with Gasteiger partial charge in [0.15, 0.2) is 0 Å². The number of nitrogens with zero attached hydrogens (tertiary/aromatic N) is 1. The Morgan fingerprint density at radius 3 is 2.47 bits per heavy atom. The monoisotopic (exact) mass is 234 g/mol. The minimum absolute atomic E-state index is 0.196. The highest BCUT2D eigenvalue weighted by Crippen LogP contribution is 2.30. The summed E-state index contributed by atoms with van der Waals surface area (Å²) in [6.45, 7) is 5.58. The van der Waals surface area contributed by atoms with Gasteiger partial charge in [-0.05, 0) is 37.0 Å². The Morgan fingerprint density at radius 2 is 2.00 bits per heavy atom. The molecule has 17 heavy (non-hydrogen) atoms. The number of ether oxygens (including phenoxy) is 1. The first-order chi connectivity index (χ1) is 8.11. The molecular weight excluding hydrogens is 212 g/mol. The highest BCUT2D eigenvalue weighted by atomic mass is 16.5. The fraction of sp³-hybridized carbons (Fsp3) is 0.571. The second-order valence-electron chi connectivity index (χ2n) is 5.05. The molecule has 94 valence electrons. The highest BCUT2D eigenvalue weighted by Gasteiger charge is 2.30. The van der Waals surface area contributed by atoms with Gasteiger partial charge in [-0.15, -0.1) is 0 Å². The first-order valence-electron chi connectivity index (χ1n) is 6.27. The number of methoxy groups -OCH3 is 1. The fourth-order valence-corrected chi connectivity index (χ4v) is 2.64. The predicted molar refractivity (Wildman–Crippen MR) is 69.9 cm³/mol. The largest absolute Gasteiger partial charge is 0.497 e. The summed E-state index contributed by atoms with van der Waals surface area (Å²) in [4.78, 5) is 2.38. The molecule has 0 radical (unpaired) electrons. The molecule has 0 amide bonds. The Morgan fingerprint density at radius 1 is 1.35 bits per heavy atom. The van der Waals surface area contributed by atoms with Gasteiger partial charge in [0.2, 0.25) is 0 Å². The Hall–Kier alpha value is -1.06. The molecule has 3 nitrogen and oxygen atoms in total. The summed E-state index contributed by atoms with van der Waals surface area (Å²) in [5, 5.41) is 0. The molecule has 1 aliphatic heterocycles. The van der Waals surface area contributed by atoms with Gasteiger partial charge < -0.3 is 10.5 Å². The van der Waals surface area contributed by atoms with Crippen LogP contribution in [0.25, 0.3) is 0 Å². The molecule has 2 unspecified atom stereocenters. The van der Waals surface area contributed by atoms with Crippen molar-refractivity contribution in [2.75, 3.05) is 13.7 Å². The van der Waals surface area contributed by atoms with Crippen LogP contribution in [-0.4, -0.2) is 24.7 Å². The summed E-state index contributed by atoms with van der Waals surface area (Å²) < 4.78 is 5.17. The third kappa shape index (κ3) is 2.61. The SMILES string of the molecule is COc1ccc([C@H](C)N2CC(C)CC2N)cc1.